The molecule has 1 heterocycles. The lowest BCUT2D eigenvalue weighted by Gasteiger charge is -2.10. The Morgan fingerprint density at radius 3 is 2.54 bits per heavy atom. The van der Waals surface area contributed by atoms with Gasteiger partial charge in [0.05, 0.1) is 22.9 Å². The number of benzene rings is 2. The van der Waals surface area contributed by atoms with Crippen molar-refractivity contribution in [1.29, 1.82) is 0 Å². The number of aryl methyl sites for hydroxylation is 1. The van der Waals surface area contributed by atoms with Crippen LogP contribution in [-0.4, -0.2) is 16.1 Å². The Kier molecular flexibility index (Phi) is 6.46. The first kappa shape index (κ1) is 19.7. The highest BCUT2D eigenvalue weighted by Gasteiger charge is 2.14. The van der Waals surface area contributed by atoms with Crippen LogP contribution in [0.3, 0.4) is 0 Å². The number of thiazole rings is 1. The van der Waals surface area contributed by atoms with E-state index >= 15 is 0 Å². The molecule has 0 amide bonds. The predicted molar refractivity (Wildman–Crippen MR) is 112 cm³/mol. The van der Waals surface area contributed by atoms with Gasteiger partial charge in [0.15, 0.2) is 0 Å². The van der Waals surface area contributed by atoms with Crippen LogP contribution in [0.15, 0.2) is 54.6 Å². The second-order valence-corrected chi connectivity index (χ2v) is 7.38. The fourth-order valence-corrected chi connectivity index (χ4v) is 3.79. The van der Waals surface area contributed by atoms with Crippen molar-refractivity contribution in [2.24, 2.45) is 0 Å². The molecule has 4 nitrogen and oxygen atoms in total. The monoisotopic (exact) mass is 391 g/mol. The Hall–Kier alpha value is -3.10. The highest BCUT2D eigenvalue weighted by atomic mass is 32.1. The summed E-state index contributed by atoms with van der Waals surface area (Å²) in [4.78, 5) is 16.8. The van der Waals surface area contributed by atoms with Crippen LogP contribution in [0.2, 0.25) is 0 Å². The van der Waals surface area contributed by atoms with Gasteiger partial charge in [0.1, 0.15) is 17.4 Å². The summed E-state index contributed by atoms with van der Waals surface area (Å²) in [6.45, 7) is 4.15. The van der Waals surface area contributed by atoms with E-state index in [0.29, 0.717) is 6.61 Å². The Morgan fingerprint density at radius 2 is 1.89 bits per heavy atom. The molecule has 142 valence electrons. The molecule has 0 saturated carbocycles. The number of ether oxygens (including phenoxy) is 1. The van der Waals surface area contributed by atoms with Gasteiger partial charge in [0.25, 0.3) is 0 Å². The van der Waals surface area contributed by atoms with Gasteiger partial charge in [-0.05, 0) is 31.5 Å². The van der Waals surface area contributed by atoms with E-state index in [2.05, 4.69) is 16.8 Å². The van der Waals surface area contributed by atoms with Gasteiger partial charge >= 0.3 is 5.97 Å². The molecule has 1 unspecified atom stereocenters. The highest BCUT2D eigenvalue weighted by Crippen LogP contribution is 2.29. The first-order valence-electron chi connectivity index (χ1n) is 8.95. The SMILES string of the molecule is CC#CC(CC(=O)O)c1ccc(OCc2sc(-c3ccccc3)nc2C)cc1. The number of nitrogens with zero attached hydrogens (tertiary/aromatic N) is 1. The minimum absolute atomic E-state index is 0.0105. The molecule has 3 aromatic rings. The van der Waals surface area contributed by atoms with Crippen LogP contribution >= 0.6 is 11.3 Å². The van der Waals surface area contributed by atoms with Gasteiger partial charge in [0, 0.05) is 5.56 Å². The summed E-state index contributed by atoms with van der Waals surface area (Å²) in [6, 6.07) is 17.6. The number of hydrogen-bond acceptors (Lipinski definition) is 4. The summed E-state index contributed by atoms with van der Waals surface area (Å²) in [5.41, 5.74) is 2.96. The second kappa shape index (κ2) is 9.20. The lowest BCUT2D eigenvalue weighted by atomic mass is 9.96. The topological polar surface area (TPSA) is 59.4 Å². The average molecular weight is 391 g/mol. The van der Waals surface area contributed by atoms with Gasteiger partial charge in [-0.25, -0.2) is 4.98 Å². The lowest BCUT2D eigenvalue weighted by Crippen LogP contribution is -2.04. The number of carboxylic acids is 1. The number of aliphatic carboxylic acids is 1. The zero-order valence-corrected chi connectivity index (χ0v) is 16.6. The van der Waals surface area contributed by atoms with E-state index in [1.165, 1.54) is 0 Å². The summed E-state index contributed by atoms with van der Waals surface area (Å²) in [6.07, 6.45) is -0.0105. The van der Waals surface area contributed by atoms with E-state index < -0.39 is 5.97 Å². The van der Waals surface area contributed by atoms with Crippen LogP contribution in [0, 0.1) is 18.8 Å². The highest BCUT2D eigenvalue weighted by molar-refractivity contribution is 7.15. The Balaban J connectivity index is 1.67. The minimum Gasteiger partial charge on any atom is -0.488 e. The summed E-state index contributed by atoms with van der Waals surface area (Å²) in [5.74, 6) is 5.32. The summed E-state index contributed by atoms with van der Waals surface area (Å²) >= 11 is 1.63. The van der Waals surface area contributed by atoms with E-state index in [0.717, 1.165) is 32.5 Å². The predicted octanol–water partition coefficient (Wildman–Crippen LogP) is 5.28. The van der Waals surface area contributed by atoms with E-state index in [-0.39, 0.29) is 12.3 Å². The van der Waals surface area contributed by atoms with Crippen LogP contribution in [0.25, 0.3) is 10.6 Å². The standard InChI is InChI=1S/C23H21NO3S/c1-3-7-19(14-22(25)26)17-10-12-20(13-11-17)27-15-21-16(2)24-23(28-21)18-8-5-4-6-9-18/h4-6,8-13,19H,14-15H2,1-2H3,(H,25,26). The number of rotatable bonds is 7. The zero-order valence-electron chi connectivity index (χ0n) is 15.8. The maximum absolute atomic E-state index is 11.0. The summed E-state index contributed by atoms with van der Waals surface area (Å²) in [5, 5.41) is 10.0. The zero-order chi connectivity index (χ0) is 19.9. The van der Waals surface area contributed by atoms with Crippen LogP contribution < -0.4 is 4.74 Å². The van der Waals surface area contributed by atoms with Gasteiger partial charge in [-0.1, -0.05) is 48.4 Å². The number of carboxylic acid groups (broad SMARTS) is 1. The first-order valence-corrected chi connectivity index (χ1v) is 9.77. The van der Waals surface area contributed by atoms with Gasteiger partial charge < -0.3 is 9.84 Å². The summed E-state index contributed by atoms with van der Waals surface area (Å²) < 4.78 is 5.92. The van der Waals surface area contributed by atoms with Crippen molar-refractivity contribution in [2.45, 2.75) is 32.8 Å². The molecule has 5 heteroatoms. The third kappa shape index (κ3) is 4.99. The Morgan fingerprint density at radius 1 is 1.18 bits per heavy atom. The van der Waals surface area contributed by atoms with Crippen molar-refractivity contribution in [2.75, 3.05) is 0 Å². The Labute approximate surface area is 168 Å². The van der Waals surface area contributed by atoms with Crippen LogP contribution in [0.1, 0.15) is 35.4 Å². The molecule has 0 bridgehead atoms. The minimum atomic E-state index is -0.858. The second-order valence-electron chi connectivity index (χ2n) is 6.30. The van der Waals surface area contributed by atoms with Crippen LogP contribution in [0.4, 0.5) is 0 Å². The van der Waals surface area contributed by atoms with Gasteiger partial charge in [-0.2, -0.15) is 0 Å². The molecule has 1 aromatic heterocycles. The molecule has 0 spiro atoms. The largest absolute Gasteiger partial charge is 0.488 e. The molecule has 0 radical (unpaired) electrons. The van der Waals surface area contributed by atoms with Crippen LogP contribution in [0.5, 0.6) is 5.75 Å². The molecule has 1 atom stereocenters. The van der Waals surface area contributed by atoms with Crippen molar-refractivity contribution in [3.63, 3.8) is 0 Å². The molecule has 0 aliphatic carbocycles. The van der Waals surface area contributed by atoms with E-state index in [4.69, 9.17) is 9.84 Å². The van der Waals surface area contributed by atoms with E-state index in [1.807, 2.05) is 61.5 Å². The number of hydrogen-bond donors (Lipinski definition) is 1. The van der Waals surface area contributed by atoms with Gasteiger partial charge in [0.2, 0.25) is 0 Å². The third-order valence-corrected chi connectivity index (χ3v) is 5.44. The van der Waals surface area contributed by atoms with Crippen molar-refractivity contribution < 1.29 is 14.6 Å². The van der Waals surface area contributed by atoms with Crippen molar-refractivity contribution in [1.82, 2.24) is 4.98 Å². The van der Waals surface area contributed by atoms with Crippen molar-refractivity contribution in [3.05, 3.63) is 70.7 Å². The quantitative estimate of drug-likeness (QED) is 0.557. The fourth-order valence-electron chi connectivity index (χ4n) is 2.81. The number of aromatic nitrogens is 1. The van der Waals surface area contributed by atoms with Crippen molar-refractivity contribution >= 4 is 17.3 Å². The molecule has 0 saturated heterocycles. The molecule has 2 aromatic carbocycles. The fraction of sp³-hybridized carbons (Fsp3) is 0.217. The molecular formula is C23H21NO3S. The normalized spacial score (nSPS) is 11.4. The molecular weight excluding hydrogens is 370 g/mol. The Bertz CT molecular complexity index is 998. The average Bonchev–Trinajstić information content (AvgIpc) is 3.07. The maximum atomic E-state index is 11.0. The van der Waals surface area contributed by atoms with Gasteiger partial charge in [-0.3, -0.25) is 4.79 Å². The maximum Gasteiger partial charge on any atom is 0.304 e. The first-order chi connectivity index (χ1) is 13.6. The third-order valence-electron chi connectivity index (χ3n) is 4.26. The molecule has 0 fully saturated rings. The molecule has 3 rings (SSSR count). The molecule has 28 heavy (non-hydrogen) atoms. The molecule has 0 aliphatic heterocycles. The molecule has 0 aliphatic rings. The van der Waals surface area contributed by atoms with Crippen molar-refractivity contribution in [3.8, 4) is 28.2 Å². The van der Waals surface area contributed by atoms with E-state index in [1.54, 1.807) is 18.3 Å². The summed E-state index contributed by atoms with van der Waals surface area (Å²) in [7, 11) is 0. The smallest absolute Gasteiger partial charge is 0.304 e. The molecule has 1 N–H and O–H groups in total. The lowest BCUT2D eigenvalue weighted by molar-refractivity contribution is -0.137. The van der Waals surface area contributed by atoms with Gasteiger partial charge in [-0.15, -0.1) is 17.3 Å². The number of carbonyl (C=O) groups is 1. The van der Waals surface area contributed by atoms with E-state index in [9.17, 15) is 4.79 Å². The van der Waals surface area contributed by atoms with Crippen LogP contribution in [-0.2, 0) is 11.4 Å².